The summed E-state index contributed by atoms with van der Waals surface area (Å²) >= 11 is 2.09. The van der Waals surface area contributed by atoms with Crippen LogP contribution >= 0.6 is 35.7 Å². The molecule has 0 radical (unpaired) electrons. The molecule has 0 bridgehead atoms. The molecule has 6 heteroatoms. The van der Waals surface area contributed by atoms with Crippen LogP contribution in [0.5, 0.6) is 0 Å². The Labute approximate surface area is 151 Å². The van der Waals surface area contributed by atoms with Crippen LogP contribution in [0, 0.1) is 0 Å². The molecule has 2 atom stereocenters. The van der Waals surface area contributed by atoms with Crippen LogP contribution < -0.4 is 10.6 Å². The largest absolute Gasteiger partial charge is 0.355 e. The fourth-order valence-corrected chi connectivity index (χ4v) is 4.47. The van der Waals surface area contributed by atoms with Gasteiger partial charge >= 0.3 is 0 Å². The van der Waals surface area contributed by atoms with Crippen molar-refractivity contribution in [3.05, 3.63) is 0 Å². The Balaban J connectivity index is 0.00000220. The lowest BCUT2D eigenvalue weighted by atomic mass is 10.1. The number of likely N-dealkylation sites (N-methyl/N-ethyl adjacent to an activating group) is 1. The molecule has 0 aromatic carbocycles. The first-order valence-corrected chi connectivity index (χ1v) is 8.98. The van der Waals surface area contributed by atoms with Crippen LogP contribution in [0.25, 0.3) is 0 Å². The van der Waals surface area contributed by atoms with Crippen LogP contribution in [0.3, 0.4) is 0 Å². The molecule has 2 aliphatic heterocycles. The number of hydrogen-bond donors (Lipinski definition) is 2. The van der Waals surface area contributed by atoms with Crippen molar-refractivity contribution < 1.29 is 0 Å². The third-order valence-electron chi connectivity index (χ3n) is 4.56. The van der Waals surface area contributed by atoms with Crippen LogP contribution in [0.1, 0.15) is 39.5 Å². The van der Waals surface area contributed by atoms with Gasteiger partial charge in [0, 0.05) is 30.9 Å². The number of nitrogens with one attached hydrogen (secondary N) is 2. The third kappa shape index (κ3) is 5.78. The maximum Gasteiger partial charge on any atom is 0.191 e. The van der Waals surface area contributed by atoms with Gasteiger partial charge in [0.1, 0.15) is 0 Å². The summed E-state index contributed by atoms with van der Waals surface area (Å²) in [6.07, 6.45) is 5.31. The number of guanidine groups is 1. The quantitative estimate of drug-likeness (QED) is 0.403. The van der Waals surface area contributed by atoms with Gasteiger partial charge in [-0.05, 0) is 51.4 Å². The van der Waals surface area contributed by atoms with Crippen LogP contribution in [-0.4, -0.2) is 60.6 Å². The molecule has 0 spiro atoms. The van der Waals surface area contributed by atoms with E-state index < -0.39 is 0 Å². The van der Waals surface area contributed by atoms with Crippen LogP contribution in [-0.2, 0) is 0 Å². The van der Waals surface area contributed by atoms with Gasteiger partial charge in [-0.2, -0.15) is 11.8 Å². The summed E-state index contributed by atoms with van der Waals surface area (Å²) in [6.45, 7) is 9.05. The van der Waals surface area contributed by atoms with E-state index in [0.29, 0.717) is 10.8 Å². The predicted molar refractivity (Wildman–Crippen MR) is 105 cm³/mol. The van der Waals surface area contributed by atoms with Gasteiger partial charge in [-0.3, -0.25) is 9.89 Å². The Bertz CT molecular complexity index is 332. The molecular weight excluding hydrogens is 395 g/mol. The molecule has 0 saturated carbocycles. The highest BCUT2D eigenvalue weighted by atomic mass is 127. The van der Waals surface area contributed by atoms with E-state index in [9.17, 15) is 0 Å². The lowest BCUT2D eigenvalue weighted by Crippen LogP contribution is -2.47. The van der Waals surface area contributed by atoms with Gasteiger partial charge in [-0.15, -0.1) is 24.0 Å². The zero-order valence-corrected chi connectivity index (χ0v) is 16.8. The fourth-order valence-electron chi connectivity index (χ4n) is 3.22. The molecule has 2 unspecified atom stereocenters. The Morgan fingerprint density at radius 2 is 2.19 bits per heavy atom. The van der Waals surface area contributed by atoms with Gasteiger partial charge < -0.3 is 10.6 Å². The van der Waals surface area contributed by atoms with Crippen molar-refractivity contribution in [2.24, 2.45) is 4.99 Å². The second-order valence-corrected chi connectivity index (χ2v) is 7.82. The average Bonchev–Trinajstić information content (AvgIpc) is 3.08. The molecule has 0 amide bonds. The number of thioether (sulfide) groups is 1. The van der Waals surface area contributed by atoms with Gasteiger partial charge in [0.2, 0.25) is 0 Å². The highest BCUT2D eigenvalue weighted by Crippen LogP contribution is 2.36. The highest BCUT2D eigenvalue weighted by molar-refractivity contribution is 14.0. The van der Waals surface area contributed by atoms with Crippen LogP contribution in [0.2, 0.25) is 0 Å². The highest BCUT2D eigenvalue weighted by Gasteiger charge is 2.29. The van der Waals surface area contributed by atoms with Crippen molar-refractivity contribution in [3.63, 3.8) is 0 Å². The smallest absolute Gasteiger partial charge is 0.191 e. The summed E-state index contributed by atoms with van der Waals surface area (Å²) in [6, 6.07) is 0.676. The number of hydrogen-bond acceptors (Lipinski definition) is 3. The number of halogens is 1. The maximum absolute atomic E-state index is 4.36. The van der Waals surface area contributed by atoms with E-state index in [4.69, 9.17) is 0 Å². The first kappa shape index (κ1) is 19.4. The molecule has 2 heterocycles. The van der Waals surface area contributed by atoms with Gasteiger partial charge in [0.25, 0.3) is 0 Å². The number of likely N-dealkylation sites (tertiary alicyclic amines) is 1. The summed E-state index contributed by atoms with van der Waals surface area (Å²) in [4.78, 5) is 6.92. The van der Waals surface area contributed by atoms with Crippen LogP contribution in [0.15, 0.2) is 4.99 Å². The van der Waals surface area contributed by atoms with Gasteiger partial charge in [0.15, 0.2) is 5.96 Å². The van der Waals surface area contributed by atoms with Crippen molar-refractivity contribution in [2.75, 3.05) is 39.0 Å². The SMILES string of the molecule is CCN1CCCC1CNC(=NC)NCC1(C)CCCS1.I. The fraction of sp³-hybridized carbons (Fsp3) is 0.933. The zero-order valence-electron chi connectivity index (χ0n) is 13.7. The van der Waals surface area contributed by atoms with Gasteiger partial charge in [0.05, 0.1) is 0 Å². The Morgan fingerprint density at radius 1 is 1.38 bits per heavy atom. The van der Waals surface area contributed by atoms with Crippen molar-refractivity contribution >= 4 is 41.7 Å². The molecule has 124 valence electrons. The molecule has 0 aliphatic carbocycles. The molecule has 4 nitrogen and oxygen atoms in total. The maximum atomic E-state index is 4.36. The Morgan fingerprint density at radius 3 is 2.81 bits per heavy atom. The number of nitrogens with zero attached hydrogens (tertiary/aromatic N) is 2. The monoisotopic (exact) mass is 426 g/mol. The molecule has 0 aromatic heterocycles. The lowest BCUT2D eigenvalue weighted by molar-refractivity contribution is 0.267. The zero-order chi connectivity index (χ0) is 14.4. The van der Waals surface area contributed by atoms with E-state index in [1.54, 1.807) is 0 Å². The van der Waals surface area contributed by atoms with E-state index in [0.717, 1.165) is 25.6 Å². The van der Waals surface area contributed by atoms with Crippen molar-refractivity contribution in [1.82, 2.24) is 15.5 Å². The second-order valence-electron chi connectivity index (χ2n) is 6.13. The minimum absolute atomic E-state index is 0. The molecule has 21 heavy (non-hydrogen) atoms. The molecule has 0 aromatic rings. The summed E-state index contributed by atoms with van der Waals surface area (Å²) < 4.78 is 0.389. The van der Waals surface area contributed by atoms with Gasteiger partial charge in [-0.25, -0.2) is 0 Å². The van der Waals surface area contributed by atoms with E-state index in [1.165, 1.54) is 38.0 Å². The molecule has 2 N–H and O–H groups in total. The second kappa shape index (κ2) is 9.45. The Hall–Kier alpha value is 0.310. The van der Waals surface area contributed by atoms with Gasteiger partial charge in [-0.1, -0.05) is 6.92 Å². The van der Waals surface area contributed by atoms with E-state index in [1.807, 2.05) is 7.05 Å². The van der Waals surface area contributed by atoms with Crippen molar-refractivity contribution in [2.45, 2.75) is 50.3 Å². The topological polar surface area (TPSA) is 39.7 Å². The first-order valence-electron chi connectivity index (χ1n) is 7.99. The minimum atomic E-state index is 0. The third-order valence-corrected chi connectivity index (χ3v) is 6.10. The molecule has 2 rings (SSSR count). The standard InChI is InChI=1S/C15H30N4S.HI/c1-4-19-9-5-7-13(19)11-17-14(16-3)18-12-15(2)8-6-10-20-15;/h13H,4-12H2,1-3H3,(H2,16,17,18);1H. The predicted octanol–water partition coefficient (Wildman–Crippen LogP) is 2.54. The minimum Gasteiger partial charge on any atom is -0.355 e. The lowest BCUT2D eigenvalue weighted by Gasteiger charge is -2.26. The molecular formula is C15H31IN4S. The average molecular weight is 426 g/mol. The normalized spacial score (nSPS) is 30.2. The molecule has 2 saturated heterocycles. The summed E-state index contributed by atoms with van der Waals surface area (Å²) in [7, 11) is 1.87. The summed E-state index contributed by atoms with van der Waals surface area (Å²) in [5, 5.41) is 7.01. The first-order chi connectivity index (χ1) is 9.67. The number of aliphatic imine (C=N–C) groups is 1. The van der Waals surface area contributed by atoms with Crippen molar-refractivity contribution in [1.29, 1.82) is 0 Å². The van der Waals surface area contributed by atoms with Crippen LogP contribution in [0.4, 0.5) is 0 Å². The van der Waals surface area contributed by atoms with E-state index in [2.05, 4.69) is 46.1 Å². The summed E-state index contributed by atoms with van der Waals surface area (Å²) in [5.41, 5.74) is 0. The molecule has 2 aliphatic rings. The van der Waals surface area contributed by atoms with E-state index >= 15 is 0 Å². The Kier molecular flexibility index (Phi) is 8.71. The summed E-state index contributed by atoms with van der Waals surface area (Å²) in [5.74, 6) is 2.26. The number of rotatable bonds is 5. The molecule has 2 fully saturated rings. The van der Waals surface area contributed by atoms with E-state index in [-0.39, 0.29) is 24.0 Å². The van der Waals surface area contributed by atoms with Crippen molar-refractivity contribution in [3.8, 4) is 0 Å².